The molecule has 0 bridgehead atoms. The van der Waals surface area contributed by atoms with E-state index in [-0.39, 0.29) is 6.61 Å². The summed E-state index contributed by atoms with van der Waals surface area (Å²) in [5.74, 6) is 0.169. The second-order valence-electron chi connectivity index (χ2n) is 4.04. The van der Waals surface area contributed by atoms with E-state index in [0.29, 0.717) is 11.8 Å². The van der Waals surface area contributed by atoms with E-state index in [4.69, 9.17) is 10.5 Å². The van der Waals surface area contributed by atoms with Crippen LogP contribution in [0, 0.1) is 0 Å². The van der Waals surface area contributed by atoms with Crippen molar-refractivity contribution in [2.45, 2.75) is 26.4 Å². The number of primary amides is 1. The van der Waals surface area contributed by atoms with Crippen molar-refractivity contribution in [2.24, 2.45) is 5.73 Å². The van der Waals surface area contributed by atoms with Crippen LogP contribution >= 0.6 is 15.9 Å². The standard InChI is InChI=1S/C12H17BrN2O2/c1-8(2)15-6-9-5-10(3-4-11(9)13)17-7-12(14)16/h3-5,8,15H,6-7H2,1-2H3,(H2,14,16). The third-order valence-corrected chi connectivity index (χ3v) is 2.87. The smallest absolute Gasteiger partial charge is 0.255 e. The molecule has 3 N–H and O–H groups in total. The van der Waals surface area contributed by atoms with Gasteiger partial charge in [-0.05, 0) is 23.8 Å². The van der Waals surface area contributed by atoms with Gasteiger partial charge in [-0.15, -0.1) is 0 Å². The zero-order chi connectivity index (χ0) is 12.8. The predicted molar refractivity (Wildman–Crippen MR) is 70.8 cm³/mol. The predicted octanol–water partition coefficient (Wildman–Crippen LogP) is 1.81. The molecule has 0 aliphatic rings. The summed E-state index contributed by atoms with van der Waals surface area (Å²) >= 11 is 3.47. The molecular weight excluding hydrogens is 284 g/mol. The van der Waals surface area contributed by atoms with Gasteiger partial charge in [-0.1, -0.05) is 29.8 Å². The van der Waals surface area contributed by atoms with Crippen molar-refractivity contribution in [1.29, 1.82) is 0 Å². The number of ether oxygens (including phenoxy) is 1. The van der Waals surface area contributed by atoms with E-state index in [1.165, 1.54) is 0 Å². The van der Waals surface area contributed by atoms with Gasteiger partial charge < -0.3 is 15.8 Å². The van der Waals surface area contributed by atoms with Gasteiger partial charge in [0.05, 0.1) is 0 Å². The molecule has 0 heterocycles. The van der Waals surface area contributed by atoms with E-state index in [2.05, 4.69) is 35.1 Å². The quantitative estimate of drug-likeness (QED) is 0.842. The minimum absolute atomic E-state index is 0.0985. The highest BCUT2D eigenvalue weighted by Crippen LogP contribution is 2.22. The topological polar surface area (TPSA) is 64.3 Å². The first-order valence-electron chi connectivity index (χ1n) is 5.42. The fourth-order valence-electron chi connectivity index (χ4n) is 1.24. The highest BCUT2D eigenvalue weighted by Gasteiger charge is 2.04. The number of rotatable bonds is 6. The Balaban J connectivity index is 2.68. The summed E-state index contributed by atoms with van der Waals surface area (Å²) in [5.41, 5.74) is 6.11. The lowest BCUT2D eigenvalue weighted by molar-refractivity contribution is -0.119. The Labute approximate surface area is 110 Å². The van der Waals surface area contributed by atoms with E-state index in [0.717, 1.165) is 16.6 Å². The SMILES string of the molecule is CC(C)NCc1cc(OCC(N)=O)ccc1Br. The first-order valence-corrected chi connectivity index (χ1v) is 6.21. The summed E-state index contributed by atoms with van der Waals surface area (Å²) in [6.45, 7) is 4.81. The third kappa shape index (κ3) is 5.19. The van der Waals surface area contributed by atoms with Crippen molar-refractivity contribution < 1.29 is 9.53 Å². The summed E-state index contributed by atoms with van der Waals surface area (Å²) in [6.07, 6.45) is 0. The van der Waals surface area contributed by atoms with E-state index in [1.807, 2.05) is 12.1 Å². The molecule has 0 aromatic heterocycles. The third-order valence-electron chi connectivity index (χ3n) is 2.10. The summed E-state index contributed by atoms with van der Waals surface area (Å²) < 4.78 is 6.26. The van der Waals surface area contributed by atoms with Crippen LogP contribution in [0.5, 0.6) is 5.75 Å². The maximum absolute atomic E-state index is 10.6. The molecule has 0 aliphatic heterocycles. The molecule has 0 fully saturated rings. The molecule has 1 rings (SSSR count). The molecule has 1 amide bonds. The molecule has 0 spiro atoms. The fraction of sp³-hybridized carbons (Fsp3) is 0.417. The molecular formula is C12H17BrN2O2. The van der Waals surface area contributed by atoms with Crippen LogP contribution in [0.15, 0.2) is 22.7 Å². The maximum Gasteiger partial charge on any atom is 0.255 e. The van der Waals surface area contributed by atoms with Gasteiger partial charge in [0.15, 0.2) is 6.61 Å². The Morgan fingerprint density at radius 2 is 2.24 bits per heavy atom. The fourth-order valence-corrected chi connectivity index (χ4v) is 1.63. The van der Waals surface area contributed by atoms with E-state index in [9.17, 15) is 4.79 Å². The van der Waals surface area contributed by atoms with Crippen molar-refractivity contribution in [3.63, 3.8) is 0 Å². The van der Waals surface area contributed by atoms with Gasteiger partial charge in [0.1, 0.15) is 5.75 Å². The lowest BCUT2D eigenvalue weighted by Crippen LogP contribution is -2.22. The number of amides is 1. The van der Waals surface area contributed by atoms with Gasteiger partial charge in [0.25, 0.3) is 5.91 Å². The van der Waals surface area contributed by atoms with Crippen LogP contribution in [-0.4, -0.2) is 18.6 Å². The Bertz CT molecular complexity index is 394. The Kier molecular flexibility index (Phi) is 5.44. The molecule has 1 aromatic carbocycles. The Morgan fingerprint density at radius 1 is 1.53 bits per heavy atom. The summed E-state index contributed by atoms with van der Waals surface area (Å²) in [6, 6.07) is 6.00. The Hall–Kier alpha value is -1.07. The minimum atomic E-state index is -0.477. The number of hydrogen-bond donors (Lipinski definition) is 2. The number of benzene rings is 1. The zero-order valence-corrected chi connectivity index (χ0v) is 11.6. The number of carbonyl (C=O) groups excluding carboxylic acids is 1. The van der Waals surface area contributed by atoms with Crippen molar-refractivity contribution >= 4 is 21.8 Å². The molecule has 0 saturated heterocycles. The first kappa shape index (κ1) is 14.0. The largest absolute Gasteiger partial charge is 0.484 e. The van der Waals surface area contributed by atoms with E-state index in [1.54, 1.807) is 6.07 Å². The van der Waals surface area contributed by atoms with Crippen LogP contribution in [-0.2, 0) is 11.3 Å². The molecule has 0 atom stereocenters. The average Bonchev–Trinajstić information content (AvgIpc) is 2.26. The number of carbonyl (C=O) groups is 1. The maximum atomic E-state index is 10.6. The van der Waals surface area contributed by atoms with E-state index >= 15 is 0 Å². The van der Waals surface area contributed by atoms with Crippen LogP contribution in [0.25, 0.3) is 0 Å². The molecule has 0 unspecified atom stereocenters. The van der Waals surface area contributed by atoms with Crippen LogP contribution < -0.4 is 15.8 Å². The van der Waals surface area contributed by atoms with Crippen molar-refractivity contribution in [1.82, 2.24) is 5.32 Å². The highest BCUT2D eigenvalue weighted by atomic mass is 79.9. The first-order chi connectivity index (χ1) is 7.99. The zero-order valence-electron chi connectivity index (χ0n) is 10.00. The highest BCUT2D eigenvalue weighted by molar-refractivity contribution is 9.10. The van der Waals surface area contributed by atoms with Crippen LogP contribution in [0.4, 0.5) is 0 Å². The molecule has 4 nitrogen and oxygen atoms in total. The number of nitrogens with two attached hydrogens (primary N) is 1. The van der Waals surface area contributed by atoms with Gasteiger partial charge >= 0.3 is 0 Å². The van der Waals surface area contributed by atoms with Crippen molar-refractivity contribution in [3.8, 4) is 5.75 Å². The summed E-state index contributed by atoms with van der Waals surface area (Å²) in [4.78, 5) is 10.6. The average molecular weight is 301 g/mol. The number of nitrogens with one attached hydrogen (secondary N) is 1. The van der Waals surface area contributed by atoms with Gasteiger partial charge in [-0.25, -0.2) is 0 Å². The molecule has 0 radical (unpaired) electrons. The molecule has 1 aromatic rings. The van der Waals surface area contributed by atoms with Gasteiger partial charge in [0, 0.05) is 17.1 Å². The minimum Gasteiger partial charge on any atom is -0.484 e. The van der Waals surface area contributed by atoms with Crippen LogP contribution in [0.1, 0.15) is 19.4 Å². The molecule has 0 aliphatic carbocycles. The lowest BCUT2D eigenvalue weighted by Gasteiger charge is -2.11. The van der Waals surface area contributed by atoms with Gasteiger partial charge in [-0.3, -0.25) is 4.79 Å². The molecule has 5 heteroatoms. The van der Waals surface area contributed by atoms with Crippen LogP contribution in [0.2, 0.25) is 0 Å². The molecule has 17 heavy (non-hydrogen) atoms. The van der Waals surface area contributed by atoms with Gasteiger partial charge in [0.2, 0.25) is 0 Å². The Morgan fingerprint density at radius 3 is 2.82 bits per heavy atom. The molecule has 0 saturated carbocycles. The summed E-state index contributed by atoms with van der Waals surface area (Å²) in [7, 11) is 0. The number of halogens is 1. The normalized spacial score (nSPS) is 10.6. The van der Waals surface area contributed by atoms with Crippen molar-refractivity contribution in [2.75, 3.05) is 6.61 Å². The number of hydrogen-bond acceptors (Lipinski definition) is 3. The molecule has 94 valence electrons. The van der Waals surface area contributed by atoms with Gasteiger partial charge in [-0.2, -0.15) is 0 Å². The van der Waals surface area contributed by atoms with Crippen LogP contribution in [0.3, 0.4) is 0 Å². The monoisotopic (exact) mass is 300 g/mol. The second kappa shape index (κ2) is 6.61. The lowest BCUT2D eigenvalue weighted by atomic mass is 10.2. The summed E-state index contributed by atoms with van der Waals surface area (Å²) in [5, 5.41) is 3.32. The van der Waals surface area contributed by atoms with Crippen molar-refractivity contribution in [3.05, 3.63) is 28.2 Å². The van der Waals surface area contributed by atoms with E-state index < -0.39 is 5.91 Å². The second-order valence-corrected chi connectivity index (χ2v) is 4.90.